The van der Waals surface area contributed by atoms with Gasteiger partial charge in [-0.2, -0.15) is 0 Å². The first kappa shape index (κ1) is 13.7. The van der Waals surface area contributed by atoms with Crippen LogP contribution in [0, 0.1) is 0 Å². The Morgan fingerprint density at radius 1 is 1.05 bits per heavy atom. The number of methoxy groups -OCH3 is 1. The molecule has 0 aliphatic rings. The Morgan fingerprint density at radius 2 is 1.81 bits per heavy atom. The van der Waals surface area contributed by atoms with Crippen molar-refractivity contribution in [2.24, 2.45) is 5.73 Å². The first-order chi connectivity index (χ1) is 10.3. The fourth-order valence-electron chi connectivity index (χ4n) is 2.83. The first-order valence-electron chi connectivity index (χ1n) is 7.13. The lowest BCUT2D eigenvalue weighted by Gasteiger charge is -2.16. The maximum absolute atomic E-state index is 6.49. The molecule has 1 heterocycles. The standard InChI is InChI=1S/C18H19NO2/c1-3-16-15(10-11-21-16)18(19)14-8-9-17(20-2)13-7-5-4-6-12(13)14/h4-11,18H,3,19H2,1-2H3. The van der Waals surface area contributed by atoms with Crippen LogP contribution < -0.4 is 10.5 Å². The Bertz CT molecular complexity index is 761. The van der Waals surface area contributed by atoms with Gasteiger partial charge in [-0.15, -0.1) is 0 Å². The smallest absolute Gasteiger partial charge is 0.126 e. The fourth-order valence-corrected chi connectivity index (χ4v) is 2.83. The van der Waals surface area contributed by atoms with Crippen molar-refractivity contribution in [1.82, 2.24) is 0 Å². The van der Waals surface area contributed by atoms with Crippen molar-refractivity contribution >= 4 is 10.8 Å². The largest absolute Gasteiger partial charge is 0.496 e. The number of furan rings is 1. The molecule has 3 aromatic rings. The van der Waals surface area contributed by atoms with E-state index in [-0.39, 0.29) is 6.04 Å². The minimum absolute atomic E-state index is 0.200. The van der Waals surface area contributed by atoms with E-state index in [1.54, 1.807) is 13.4 Å². The zero-order chi connectivity index (χ0) is 14.8. The molecule has 0 saturated carbocycles. The molecule has 0 spiro atoms. The fraction of sp³-hybridized carbons (Fsp3) is 0.222. The molecule has 0 saturated heterocycles. The Labute approximate surface area is 124 Å². The summed E-state index contributed by atoms with van der Waals surface area (Å²) in [7, 11) is 1.69. The Morgan fingerprint density at radius 3 is 2.52 bits per heavy atom. The van der Waals surface area contributed by atoms with Crippen LogP contribution in [-0.2, 0) is 6.42 Å². The third-order valence-electron chi connectivity index (χ3n) is 3.91. The van der Waals surface area contributed by atoms with Gasteiger partial charge in [0, 0.05) is 17.4 Å². The molecule has 1 aromatic heterocycles. The van der Waals surface area contributed by atoms with Crippen molar-refractivity contribution in [2.75, 3.05) is 7.11 Å². The van der Waals surface area contributed by atoms with Gasteiger partial charge in [0.2, 0.25) is 0 Å². The van der Waals surface area contributed by atoms with Crippen LogP contribution in [-0.4, -0.2) is 7.11 Å². The van der Waals surface area contributed by atoms with Gasteiger partial charge in [0.25, 0.3) is 0 Å². The highest BCUT2D eigenvalue weighted by atomic mass is 16.5. The van der Waals surface area contributed by atoms with Gasteiger partial charge in [0.1, 0.15) is 11.5 Å². The van der Waals surface area contributed by atoms with Crippen molar-refractivity contribution in [3.63, 3.8) is 0 Å². The van der Waals surface area contributed by atoms with Crippen LogP contribution >= 0.6 is 0 Å². The average Bonchev–Trinajstić information content (AvgIpc) is 3.01. The second-order valence-corrected chi connectivity index (χ2v) is 5.03. The SMILES string of the molecule is CCc1occc1C(N)c1ccc(OC)c2ccccc12. The van der Waals surface area contributed by atoms with E-state index in [1.165, 1.54) is 0 Å². The van der Waals surface area contributed by atoms with Gasteiger partial charge in [0.05, 0.1) is 19.4 Å². The van der Waals surface area contributed by atoms with Crippen molar-refractivity contribution in [3.05, 3.63) is 65.6 Å². The van der Waals surface area contributed by atoms with E-state index in [0.717, 1.165) is 39.8 Å². The number of rotatable bonds is 4. The van der Waals surface area contributed by atoms with Crippen LogP contribution in [0.2, 0.25) is 0 Å². The molecule has 3 heteroatoms. The van der Waals surface area contributed by atoms with Gasteiger partial charge in [-0.25, -0.2) is 0 Å². The van der Waals surface area contributed by atoms with Gasteiger partial charge in [-0.05, 0) is 23.1 Å². The van der Waals surface area contributed by atoms with Gasteiger partial charge in [-0.1, -0.05) is 37.3 Å². The van der Waals surface area contributed by atoms with Gasteiger partial charge in [0.15, 0.2) is 0 Å². The van der Waals surface area contributed by atoms with E-state index in [1.807, 2.05) is 30.3 Å². The maximum atomic E-state index is 6.49. The van der Waals surface area contributed by atoms with E-state index >= 15 is 0 Å². The molecule has 0 bridgehead atoms. The van der Waals surface area contributed by atoms with Crippen LogP contribution in [0.1, 0.15) is 29.9 Å². The molecular weight excluding hydrogens is 262 g/mol. The predicted octanol–water partition coefficient (Wildman–Crippen LogP) is 4.05. The van der Waals surface area contributed by atoms with E-state index in [9.17, 15) is 0 Å². The van der Waals surface area contributed by atoms with Gasteiger partial charge >= 0.3 is 0 Å². The van der Waals surface area contributed by atoms with Crippen molar-refractivity contribution in [1.29, 1.82) is 0 Å². The Hall–Kier alpha value is -2.26. The Balaban J connectivity index is 2.17. The average molecular weight is 281 g/mol. The highest BCUT2D eigenvalue weighted by Crippen LogP contribution is 2.34. The quantitative estimate of drug-likeness (QED) is 0.784. The van der Waals surface area contributed by atoms with Gasteiger partial charge < -0.3 is 14.9 Å². The molecule has 0 aliphatic heterocycles. The number of benzene rings is 2. The second-order valence-electron chi connectivity index (χ2n) is 5.03. The molecule has 1 atom stereocenters. The number of fused-ring (bicyclic) bond motifs is 1. The molecule has 0 radical (unpaired) electrons. The summed E-state index contributed by atoms with van der Waals surface area (Å²) in [4.78, 5) is 0. The predicted molar refractivity (Wildman–Crippen MR) is 84.6 cm³/mol. The highest BCUT2D eigenvalue weighted by Gasteiger charge is 2.18. The zero-order valence-electron chi connectivity index (χ0n) is 12.3. The lowest BCUT2D eigenvalue weighted by atomic mass is 9.93. The van der Waals surface area contributed by atoms with Crippen LogP contribution in [0.25, 0.3) is 10.8 Å². The van der Waals surface area contributed by atoms with E-state index < -0.39 is 0 Å². The molecule has 3 nitrogen and oxygen atoms in total. The summed E-state index contributed by atoms with van der Waals surface area (Å²) in [5.41, 5.74) is 8.63. The normalized spacial score (nSPS) is 12.5. The summed E-state index contributed by atoms with van der Waals surface area (Å²) in [5.74, 6) is 1.81. The number of aryl methyl sites for hydroxylation is 1. The number of hydrogen-bond acceptors (Lipinski definition) is 3. The lowest BCUT2D eigenvalue weighted by molar-refractivity contribution is 0.419. The number of ether oxygens (including phenoxy) is 1. The lowest BCUT2D eigenvalue weighted by Crippen LogP contribution is -2.13. The molecule has 2 aromatic carbocycles. The molecular formula is C18H19NO2. The van der Waals surface area contributed by atoms with Gasteiger partial charge in [-0.3, -0.25) is 0 Å². The van der Waals surface area contributed by atoms with E-state index in [2.05, 4.69) is 19.1 Å². The van der Waals surface area contributed by atoms with Crippen LogP contribution in [0.5, 0.6) is 5.75 Å². The molecule has 1 unspecified atom stereocenters. The summed E-state index contributed by atoms with van der Waals surface area (Å²) in [6, 6.07) is 13.9. The second kappa shape index (κ2) is 5.62. The molecule has 0 aliphatic carbocycles. The zero-order valence-corrected chi connectivity index (χ0v) is 12.3. The Kier molecular flexibility index (Phi) is 3.67. The summed E-state index contributed by atoms with van der Waals surface area (Å²) in [5, 5.41) is 2.20. The molecule has 0 amide bonds. The van der Waals surface area contributed by atoms with Crippen LogP contribution in [0.15, 0.2) is 53.1 Å². The topological polar surface area (TPSA) is 48.4 Å². The summed E-state index contributed by atoms with van der Waals surface area (Å²) < 4.78 is 10.9. The van der Waals surface area contributed by atoms with Crippen LogP contribution in [0.4, 0.5) is 0 Å². The van der Waals surface area contributed by atoms with E-state index in [0.29, 0.717) is 0 Å². The van der Waals surface area contributed by atoms with Crippen molar-refractivity contribution < 1.29 is 9.15 Å². The van der Waals surface area contributed by atoms with E-state index in [4.69, 9.17) is 14.9 Å². The third-order valence-corrected chi connectivity index (χ3v) is 3.91. The van der Waals surface area contributed by atoms with Crippen molar-refractivity contribution in [2.45, 2.75) is 19.4 Å². The van der Waals surface area contributed by atoms with Crippen LogP contribution in [0.3, 0.4) is 0 Å². The highest BCUT2D eigenvalue weighted by molar-refractivity contribution is 5.91. The molecule has 2 N–H and O–H groups in total. The molecule has 108 valence electrons. The third kappa shape index (κ3) is 2.30. The molecule has 3 rings (SSSR count). The molecule has 0 fully saturated rings. The summed E-state index contributed by atoms with van der Waals surface area (Å²) >= 11 is 0. The number of hydrogen-bond donors (Lipinski definition) is 1. The summed E-state index contributed by atoms with van der Waals surface area (Å²) in [6.45, 7) is 2.07. The van der Waals surface area contributed by atoms with Crippen molar-refractivity contribution in [3.8, 4) is 5.75 Å². The minimum atomic E-state index is -0.200. The molecule has 21 heavy (non-hydrogen) atoms. The monoisotopic (exact) mass is 281 g/mol. The summed E-state index contributed by atoms with van der Waals surface area (Å²) in [6.07, 6.45) is 2.55. The minimum Gasteiger partial charge on any atom is -0.496 e. The number of nitrogens with two attached hydrogens (primary N) is 1. The maximum Gasteiger partial charge on any atom is 0.126 e. The first-order valence-corrected chi connectivity index (χ1v) is 7.13.